The summed E-state index contributed by atoms with van der Waals surface area (Å²) in [6.45, 7) is 6.30. The largest absolute Gasteiger partial charge is 0.497 e. The van der Waals surface area contributed by atoms with E-state index in [4.69, 9.17) is 9.47 Å². The van der Waals surface area contributed by atoms with Crippen LogP contribution in [-0.4, -0.2) is 27.3 Å². The highest BCUT2D eigenvalue weighted by Crippen LogP contribution is 2.25. The minimum atomic E-state index is 0.675. The van der Waals surface area contributed by atoms with Gasteiger partial charge in [0.15, 0.2) is 0 Å². The van der Waals surface area contributed by atoms with E-state index in [1.165, 1.54) is 0 Å². The van der Waals surface area contributed by atoms with Crippen LogP contribution in [0.25, 0.3) is 6.08 Å². The first-order chi connectivity index (χ1) is 8.67. The summed E-state index contributed by atoms with van der Waals surface area (Å²) in [5.41, 5.74) is 1.06. The van der Waals surface area contributed by atoms with Gasteiger partial charge in [0.2, 0.25) is 0 Å². The number of nitrogens with one attached hydrogen (secondary N) is 1. The van der Waals surface area contributed by atoms with Crippen molar-refractivity contribution < 1.29 is 9.47 Å². The van der Waals surface area contributed by atoms with E-state index in [1.54, 1.807) is 14.2 Å². The summed E-state index contributed by atoms with van der Waals surface area (Å²) >= 11 is 0. The molecule has 0 atom stereocenters. The quantitative estimate of drug-likeness (QED) is 0.754. The van der Waals surface area contributed by atoms with E-state index < -0.39 is 0 Å². The number of hydrogen-bond donors (Lipinski definition) is 1. The molecule has 0 heterocycles. The van der Waals surface area contributed by atoms with Crippen molar-refractivity contribution in [1.82, 2.24) is 5.32 Å². The van der Waals surface area contributed by atoms with Crippen LogP contribution in [0.5, 0.6) is 11.5 Å². The SMILES string of the molecule is COc1ccc(C=CCNCC(C)C)c(OC)c1. The molecule has 0 aliphatic heterocycles. The van der Waals surface area contributed by atoms with Gasteiger partial charge in [-0.25, -0.2) is 0 Å². The topological polar surface area (TPSA) is 30.5 Å². The highest BCUT2D eigenvalue weighted by atomic mass is 16.5. The van der Waals surface area contributed by atoms with Crippen LogP contribution in [0.4, 0.5) is 0 Å². The van der Waals surface area contributed by atoms with Crippen LogP contribution in [-0.2, 0) is 0 Å². The van der Waals surface area contributed by atoms with Crippen molar-refractivity contribution in [2.75, 3.05) is 27.3 Å². The van der Waals surface area contributed by atoms with Gasteiger partial charge in [-0.15, -0.1) is 0 Å². The summed E-state index contributed by atoms with van der Waals surface area (Å²) in [6, 6.07) is 5.82. The van der Waals surface area contributed by atoms with Crippen LogP contribution < -0.4 is 14.8 Å². The number of benzene rings is 1. The maximum absolute atomic E-state index is 5.33. The average molecular weight is 249 g/mol. The van der Waals surface area contributed by atoms with Crippen LogP contribution in [0.3, 0.4) is 0 Å². The molecule has 0 aromatic heterocycles. The maximum Gasteiger partial charge on any atom is 0.129 e. The fraction of sp³-hybridized carbons (Fsp3) is 0.467. The van der Waals surface area contributed by atoms with Crippen LogP contribution >= 0.6 is 0 Å². The Balaban J connectivity index is 2.58. The summed E-state index contributed by atoms with van der Waals surface area (Å²) in [6.07, 6.45) is 4.16. The third kappa shape index (κ3) is 4.80. The molecule has 3 nitrogen and oxygen atoms in total. The zero-order chi connectivity index (χ0) is 13.4. The minimum Gasteiger partial charge on any atom is -0.497 e. The average Bonchev–Trinajstić information content (AvgIpc) is 2.38. The predicted molar refractivity (Wildman–Crippen MR) is 76.3 cm³/mol. The van der Waals surface area contributed by atoms with Gasteiger partial charge in [0, 0.05) is 18.2 Å². The Morgan fingerprint density at radius 3 is 2.61 bits per heavy atom. The Hall–Kier alpha value is -1.48. The molecule has 0 bridgehead atoms. The third-order valence-corrected chi connectivity index (χ3v) is 2.55. The molecule has 0 unspecified atom stereocenters. The van der Waals surface area contributed by atoms with Crippen molar-refractivity contribution in [2.45, 2.75) is 13.8 Å². The fourth-order valence-corrected chi connectivity index (χ4v) is 1.60. The zero-order valence-corrected chi connectivity index (χ0v) is 11.7. The molecule has 0 spiro atoms. The Labute approximate surface area is 110 Å². The summed E-state index contributed by atoms with van der Waals surface area (Å²) < 4.78 is 10.5. The van der Waals surface area contributed by atoms with Crippen molar-refractivity contribution in [2.24, 2.45) is 5.92 Å². The van der Waals surface area contributed by atoms with Crippen LogP contribution in [0, 0.1) is 5.92 Å². The Morgan fingerprint density at radius 2 is 2.00 bits per heavy atom. The molecule has 0 saturated carbocycles. The molecular weight excluding hydrogens is 226 g/mol. The van der Waals surface area contributed by atoms with Gasteiger partial charge in [-0.2, -0.15) is 0 Å². The van der Waals surface area contributed by atoms with Gasteiger partial charge in [-0.1, -0.05) is 26.0 Å². The number of rotatable bonds is 7. The molecule has 18 heavy (non-hydrogen) atoms. The number of methoxy groups -OCH3 is 2. The fourth-order valence-electron chi connectivity index (χ4n) is 1.60. The van der Waals surface area contributed by atoms with Crippen LogP contribution in [0.15, 0.2) is 24.3 Å². The molecule has 1 aromatic rings. The molecule has 0 radical (unpaired) electrons. The molecule has 0 fully saturated rings. The lowest BCUT2D eigenvalue weighted by molar-refractivity contribution is 0.393. The lowest BCUT2D eigenvalue weighted by Crippen LogP contribution is -2.19. The highest BCUT2D eigenvalue weighted by Gasteiger charge is 2.01. The van der Waals surface area contributed by atoms with Crippen LogP contribution in [0.2, 0.25) is 0 Å². The molecule has 100 valence electrons. The van der Waals surface area contributed by atoms with Gasteiger partial charge in [0.25, 0.3) is 0 Å². The highest BCUT2D eigenvalue weighted by molar-refractivity contribution is 5.59. The minimum absolute atomic E-state index is 0.675. The van der Waals surface area contributed by atoms with Crippen molar-refractivity contribution >= 4 is 6.08 Å². The molecule has 0 amide bonds. The van der Waals surface area contributed by atoms with Crippen molar-refractivity contribution in [3.8, 4) is 11.5 Å². The van der Waals surface area contributed by atoms with Gasteiger partial charge >= 0.3 is 0 Å². The molecular formula is C15H23NO2. The normalized spacial score (nSPS) is 11.2. The lowest BCUT2D eigenvalue weighted by atomic mass is 10.1. The standard InChI is InChI=1S/C15H23NO2/c1-12(2)11-16-9-5-6-13-7-8-14(17-3)10-15(13)18-4/h5-8,10,12,16H,9,11H2,1-4H3. The second-order valence-corrected chi connectivity index (χ2v) is 4.56. The smallest absolute Gasteiger partial charge is 0.129 e. The lowest BCUT2D eigenvalue weighted by Gasteiger charge is -2.07. The second kappa shape index (κ2) is 7.77. The van der Waals surface area contributed by atoms with Crippen molar-refractivity contribution in [1.29, 1.82) is 0 Å². The van der Waals surface area contributed by atoms with Gasteiger partial charge in [0.05, 0.1) is 14.2 Å². The zero-order valence-electron chi connectivity index (χ0n) is 11.7. The van der Waals surface area contributed by atoms with Gasteiger partial charge in [0.1, 0.15) is 11.5 Å². The summed E-state index contributed by atoms with van der Waals surface area (Å²) in [5.74, 6) is 2.31. The molecule has 3 heteroatoms. The first-order valence-corrected chi connectivity index (χ1v) is 6.26. The van der Waals surface area contributed by atoms with E-state index in [9.17, 15) is 0 Å². The summed E-state index contributed by atoms with van der Waals surface area (Å²) in [7, 11) is 3.32. The molecule has 0 aliphatic rings. The number of hydrogen-bond acceptors (Lipinski definition) is 3. The number of ether oxygens (including phenoxy) is 2. The Bertz CT molecular complexity index is 386. The summed E-state index contributed by atoms with van der Waals surface area (Å²) in [4.78, 5) is 0. The van der Waals surface area contributed by atoms with Gasteiger partial charge in [-0.05, 0) is 24.6 Å². The Morgan fingerprint density at radius 1 is 1.22 bits per heavy atom. The Kier molecular flexibility index (Phi) is 6.29. The van der Waals surface area contributed by atoms with E-state index in [0.29, 0.717) is 5.92 Å². The molecule has 1 aromatic carbocycles. The summed E-state index contributed by atoms with van der Waals surface area (Å²) in [5, 5.41) is 3.36. The molecule has 0 aliphatic carbocycles. The van der Waals surface area contributed by atoms with E-state index in [2.05, 4.69) is 31.3 Å². The monoisotopic (exact) mass is 249 g/mol. The maximum atomic E-state index is 5.33. The van der Waals surface area contributed by atoms with E-state index >= 15 is 0 Å². The third-order valence-electron chi connectivity index (χ3n) is 2.55. The van der Waals surface area contributed by atoms with Gasteiger partial charge < -0.3 is 14.8 Å². The first kappa shape index (κ1) is 14.6. The van der Waals surface area contributed by atoms with E-state index in [1.807, 2.05) is 18.2 Å². The van der Waals surface area contributed by atoms with Crippen molar-refractivity contribution in [3.05, 3.63) is 29.8 Å². The molecule has 0 saturated heterocycles. The molecule has 1 rings (SSSR count). The first-order valence-electron chi connectivity index (χ1n) is 6.26. The van der Waals surface area contributed by atoms with Gasteiger partial charge in [-0.3, -0.25) is 0 Å². The van der Waals surface area contributed by atoms with E-state index in [0.717, 1.165) is 30.2 Å². The van der Waals surface area contributed by atoms with Crippen molar-refractivity contribution in [3.63, 3.8) is 0 Å². The molecule has 1 N–H and O–H groups in total. The van der Waals surface area contributed by atoms with Crippen LogP contribution in [0.1, 0.15) is 19.4 Å². The predicted octanol–water partition coefficient (Wildman–Crippen LogP) is 2.96. The second-order valence-electron chi connectivity index (χ2n) is 4.56. The van der Waals surface area contributed by atoms with E-state index in [-0.39, 0.29) is 0 Å².